The highest BCUT2D eigenvalue weighted by molar-refractivity contribution is 5.83. The number of aromatic nitrogens is 1. The van der Waals surface area contributed by atoms with Crippen LogP contribution in [-0.2, 0) is 0 Å². The van der Waals surface area contributed by atoms with Crippen LogP contribution in [0.25, 0.3) is 10.9 Å². The molecule has 128 valence electrons. The normalized spacial score (nSPS) is 30.5. The summed E-state index contributed by atoms with van der Waals surface area (Å²) in [5.74, 6) is 2.37. The molecule has 0 saturated carbocycles. The molecule has 24 heavy (non-hydrogen) atoms. The molecule has 3 saturated heterocycles. The first kappa shape index (κ1) is 15.9. The van der Waals surface area contributed by atoms with Crippen molar-refractivity contribution in [3.8, 4) is 5.75 Å². The van der Waals surface area contributed by atoms with Crippen LogP contribution in [0.1, 0.15) is 37.9 Å². The predicted octanol–water partition coefficient (Wildman–Crippen LogP) is 3.40. The number of hydrogen-bond donors (Lipinski definition) is 1. The molecule has 2 unspecified atom stereocenters. The van der Waals surface area contributed by atoms with Crippen molar-refractivity contribution in [2.45, 2.75) is 38.3 Å². The predicted molar refractivity (Wildman–Crippen MR) is 95.1 cm³/mol. The molecule has 5 atom stereocenters. The molecular formula is C20H26N2O2. The summed E-state index contributed by atoms with van der Waals surface area (Å²) in [6, 6.07) is 8.07. The number of methoxy groups -OCH3 is 1. The minimum atomic E-state index is -0.469. The number of rotatable bonds is 4. The number of hydrogen-bond acceptors (Lipinski definition) is 4. The standard InChI is InChI=1S/C20H26N2O2/c1-3-13-12-22-9-7-14(13)10-19(22)20(23)16-6-8-21-18-5-4-15(24-2)11-17(16)18/h4-6,8,11,13-14,19-20,23H,3,7,9-10,12H2,1-2H3/t13-,14?,19+,20-/m1/s1. The van der Waals surface area contributed by atoms with E-state index in [-0.39, 0.29) is 6.04 Å². The van der Waals surface area contributed by atoms with E-state index in [4.69, 9.17) is 4.74 Å². The van der Waals surface area contributed by atoms with Gasteiger partial charge in [0.1, 0.15) is 5.75 Å². The van der Waals surface area contributed by atoms with E-state index < -0.39 is 6.10 Å². The Balaban J connectivity index is 1.68. The van der Waals surface area contributed by atoms with Gasteiger partial charge in [0.25, 0.3) is 0 Å². The number of fused-ring (bicyclic) bond motifs is 4. The third kappa shape index (κ3) is 2.58. The van der Waals surface area contributed by atoms with Crippen LogP contribution in [0.5, 0.6) is 5.75 Å². The third-order valence-corrected chi connectivity index (χ3v) is 6.13. The summed E-state index contributed by atoms with van der Waals surface area (Å²) in [6.45, 7) is 4.55. The molecule has 1 aromatic carbocycles. The summed E-state index contributed by atoms with van der Waals surface area (Å²) in [4.78, 5) is 6.94. The Morgan fingerprint density at radius 1 is 1.38 bits per heavy atom. The van der Waals surface area contributed by atoms with Gasteiger partial charge in [-0.15, -0.1) is 0 Å². The van der Waals surface area contributed by atoms with Crippen molar-refractivity contribution in [1.29, 1.82) is 0 Å². The zero-order valence-corrected chi connectivity index (χ0v) is 14.5. The molecule has 4 nitrogen and oxygen atoms in total. The Hall–Kier alpha value is -1.65. The molecule has 2 bridgehead atoms. The molecule has 0 aliphatic carbocycles. The van der Waals surface area contributed by atoms with E-state index in [1.165, 1.54) is 12.8 Å². The maximum atomic E-state index is 11.2. The van der Waals surface area contributed by atoms with Gasteiger partial charge in [-0.2, -0.15) is 0 Å². The lowest BCUT2D eigenvalue weighted by Gasteiger charge is -2.51. The summed E-state index contributed by atoms with van der Waals surface area (Å²) in [5, 5.41) is 12.2. The van der Waals surface area contributed by atoms with Crippen molar-refractivity contribution in [3.05, 3.63) is 36.0 Å². The Labute approximate surface area is 143 Å². The van der Waals surface area contributed by atoms with Crippen molar-refractivity contribution in [2.24, 2.45) is 11.8 Å². The molecule has 0 radical (unpaired) electrons. The summed E-state index contributed by atoms with van der Waals surface area (Å²) < 4.78 is 5.36. The number of piperidine rings is 3. The number of benzene rings is 1. The van der Waals surface area contributed by atoms with Gasteiger partial charge in [-0.25, -0.2) is 0 Å². The highest BCUT2D eigenvalue weighted by Gasteiger charge is 2.42. The van der Waals surface area contributed by atoms with Crippen molar-refractivity contribution in [1.82, 2.24) is 9.88 Å². The summed E-state index contributed by atoms with van der Waals surface area (Å²) in [7, 11) is 1.67. The van der Waals surface area contributed by atoms with E-state index in [2.05, 4.69) is 16.8 Å². The topological polar surface area (TPSA) is 45.6 Å². The SMILES string of the molecule is CC[C@@H]1CN2CCC1C[C@H]2[C@H](O)c1ccnc2ccc(OC)cc12. The zero-order chi connectivity index (χ0) is 16.7. The Morgan fingerprint density at radius 3 is 2.96 bits per heavy atom. The van der Waals surface area contributed by atoms with E-state index in [9.17, 15) is 5.11 Å². The van der Waals surface area contributed by atoms with Crippen LogP contribution in [0.15, 0.2) is 30.5 Å². The van der Waals surface area contributed by atoms with Gasteiger partial charge in [0.2, 0.25) is 0 Å². The van der Waals surface area contributed by atoms with Crippen LogP contribution < -0.4 is 4.74 Å². The second kappa shape index (κ2) is 6.34. The summed E-state index contributed by atoms with van der Waals surface area (Å²) in [6.07, 6.45) is 4.97. The van der Waals surface area contributed by atoms with Gasteiger partial charge in [-0.3, -0.25) is 9.88 Å². The molecule has 1 aromatic heterocycles. The number of ether oxygens (including phenoxy) is 1. The minimum absolute atomic E-state index is 0.225. The molecular weight excluding hydrogens is 300 g/mol. The molecule has 3 aliphatic rings. The lowest BCUT2D eigenvalue weighted by molar-refractivity contribution is -0.0562. The van der Waals surface area contributed by atoms with Gasteiger partial charge >= 0.3 is 0 Å². The molecule has 3 fully saturated rings. The smallest absolute Gasteiger partial charge is 0.119 e. The minimum Gasteiger partial charge on any atom is -0.497 e. The van der Waals surface area contributed by atoms with Crippen LogP contribution >= 0.6 is 0 Å². The van der Waals surface area contributed by atoms with Gasteiger partial charge in [0.05, 0.1) is 18.7 Å². The van der Waals surface area contributed by atoms with Gasteiger partial charge in [0.15, 0.2) is 0 Å². The second-order valence-electron chi connectivity index (χ2n) is 7.24. The second-order valence-corrected chi connectivity index (χ2v) is 7.24. The molecule has 5 rings (SSSR count). The quantitative estimate of drug-likeness (QED) is 0.935. The Bertz CT molecular complexity index is 733. The highest BCUT2D eigenvalue weighted by Crippen LogP contribution is 2.42. The number of pyridine rings is 1. The maximum Gasteiger partial charge on any atom is 0.119 e. The van der Waals surface area contributed by atoms with Gasteiger partial charge in [-0.05, 0) is 61.1 Å². The monoisotopic (exact) mass is 326 g/mol. The average Bonchev–Trinajstić information content (AvgIpc) is 2.66. The number of nitrogens with zero attached hydrogens (tertiary/aromatic N) is 2. The van der Waals surface area contributed by atoms with E-state index in [1.54, 1.807) is 13.3 Å². The van der Waals surface area contributed by atoms with Crippen molar-refractivity contribution >= 4 is 10.9 Å². The molecule has 2 aromatic rings. The fourth-order valence-electron chi connectivity index (χ4n) is 4.71. The first-order valence-electron chi connectivity index (χ1n) is 9.06. The zero-order valence-electron chi connectivity index (χ0n) is 14.5. The van der Waals surface area contributed by atoms with E-state index >= 15 is 0 Å². The third-order valence-electron chi connectivity index (χ3n) is 6.13. The largest absolute Gasteiger partial charge is 0.497 e. The maximum absolute atomic E-state index is 11.2. The summed E-state index contributed by atoms with van der Waals surface area (Å²) in [5.41, 5.74) is 1.89. The van der Waals surface area contributed by atoms with E-state index in [0.29, 0.717) is 0 Å². The lowest BCUT2D eigenvalue weighted by atomic mass is 9.72. The summed E-state index contributed by atoms with van der Waals surface area (Å²) >= 11 is 0. The van der Waals surface area contributed by atoms with Crippen LogP contribution in [0.2, 0.25) is 0 Å². The Kier molecular flexibility index (Phi) is 4.19. The Morgan fingerprint density at radius 2 is 2.25 bits per heavy atom. The van der Waals surface area contributed by atoms with Gasteiger partial charge in [0, 0.05) is 24.2 Å². The van der Waals surface area contributed by atoms with Gasteiger partial charge in [-0.1, -0.05) is 13.3 Å². The molecule has 0 spiro atoms. The van der Waals surface area contributed by atoms with Crippen molar-refractivity contribution in [2.75, 3.05) is 20.2 Å². The first-order valence-corrected chi connectivity index (χ1v) is 9.06. The van der Waals surface area contributed by atoms with Crippen molar-refractivity contribution < 1.29 is 9.84 Å². The van der Waals surface area contributed by atoms with E-state index in [0.717, 1.165) is 53.6 Å². The van der Waals surface area contributed by atoms with Crippen molar-refractivity contribution in [3.63, 3.8) is 0 Å². The van der Waals surface area contributed by atoms with E-state index in [1.807, 2.05) is 24.3 Å². The molecule has 4 heteroatoms. The van der Waals surface area contributed by atoms with Crippen LogP contribution in [-0.4, -0.2) is 41.2 Å². The number of aliphatic hydroxyl groups excluding tert-OH is 1. The molecule has 1 N–H and O–H groups in total. The van der Waals surface area contributed by atoms with Crippen LogP contribution in [0.4, 0.5) is 0 Å². The van der Waals surface area contributed by atoms with Crippen LogP contribution in [0, 0.1) is 11.8 Å². The lowest BCUT2D eigenvalue weighted by Crippen LogP contribution is -2.55. The first-order chi connectivity index (χ1) is 11.7. The molecule has 4 heterocycles. The fourth-order valence-corrected chi connectivity index (χ4v) is 4.71. The highest BCUT2D eigenvalue weighted by atomic mass is 16.5. The average molecular weight is 326 g/mol. The van der Waals surface area contributed by atoms with Crippen LogP contribution in [0.3, 0.4) is 0 Å². The van der Waals surface area contributed by atoms with Gasteiger partial charge < -0.3 is 9.84 Å². The fraction of sp³-hybridized carbons (Fsp3) is 0.550. The number of aliphatic hydroxyl groups is 1. The molecule has 0 amide bonds. The molecule has 3 aliphatic heterocycles.